The maximum atomic E-state index is 11.7. The van der Waals surface area contributed by atoms with E-state index in [1.165, 1.54) is 0 Å². The molecule has 0 saturated heterocycles. The number of carbonyl (C=O) groups is 2. The largest absolute Gasteiger partial charge is 0.481 e. The lowest BCUT2D eigenvalue weighted by atomic mass is 9.75. The fraction of sp³-hybridized carbons (Fsp3) is 0.857. The van der Waals surface area contributed by atoms with Gasteiger partial charge in [-0.05, 0) is 46.0 Å². The molecular formula is C14H25NO4. The van der Waals surface area contributed by atoms with E-state index in [9.17, 15) is 14.7 Å². The van der Waals surface area contributed by atoms with Gasteiger partial charge in [-0.2, -0.15) is 0 Å². The van der Waals surface area contributed by atoms with Crippen LogP contribution in [0.1, 0.15) is 53.9 Å². The van der Waals surface area contributed by atoms with Gasteiger partial charge in [-0.1, -0.05) is 13.8 Å². The van der Waals surface area contributed by atoms with Crippen molar-refractivity contribution in [1.29, 1.82) is 0 Å². The Hall–Kier alpha value is -1.26. The number of rotatable bonds is 3. The summed E-state index contributed by atoms with van der Waals surface area (Å²) in [6.07, 6.45) is 1.28. The van der Waals surface area contributed by atoms with E-state index in [1.54, 1.807) is 20.8 Å². The first-order chi connectivity index (χ1) is 8.57. The first-order valence-electron chi connectivity index (χ1n) is 6.80. The van der Waals surface area contributed by atoms with Crippen molar-refractivity contribution in [2.45, 2.75) is 65.5 Å². The Morgan fingerprint density at radius 3 is 2.32 bits per heavy atom. The Kier molecular flexibility index (Phi) is 4.48. The van der Waals surface area contributed by atoms with Gasteiger partial charge in [-0.3, -0.25) is 4.79 Å². The summed E-state index contributed by atoms with van der Waals surface area (Å²) in [5.74, 6) is -0.716. The van der Waals surface area contributed by atoms with Crippen molar-refractivity contribution in [1.82, 2.24) is 5.32 Å². The molecular weight excluding hydrogens is 246 g/mol. The normalized spacial score (nSPS) is 27.4. The van der Waals surface area contributed by atoms with Crippen molar-refractivity contribution in [2.24, 2.45) is 11.3 Å². The van der Waals surface area contributed by atoms with E-state index in [-0.39, 0.29) is 12.0 Å². The summed E-state index contributed by atoms with van der Waals surface area (Å²) in [5.41, 5.74) is -1.26. The maximum absolute atomic E-state index is 11.7. The van der Waals surface area contributed by atoms with Crippen LogP contribution >= 0.6 is 0 Å². The summed E-state index contributed by atoms with van der Waals surface area (Å²) < 4.78 is 5.19. The molecule has 0 aromatic carbocycles. The van der Waals surface area contributed by atoms with E-state index in [4.69, 9.17) is 4.74 Å². The Labute approximate surface area is 114 Å². The van der Waals surface area contributed by atoms with Gasteiger partial charge < -0.3 is 15.2 Å². The molecule has 2 atom stereocenters. The number of hydrogen-bond donors (Lipinski definition) is 2. The first kappa shape index (κ1) is 15.8. The highest BCUT2D eigenvalue weighted by Gasteiger charge is 2.48. The highest BCUT2D eigenvalue weighted by Crippen LogP contribution is 2.44. The minimum atomic E-state index is -0.768. The smallest absolute Gasteiger partial charge is 0.407 e. The average molecular weight is 271 g/mol. The number of amides is 1. The van der Waals surface area contributed by atoms with Crippen molar-refractivity contribution in [2.75, 3.05) is 0 Å². The molecule has 0 aliphatic heterocycles. The molecule has 5 nitrogen and oxygen atoms in total. The van der Waals surface area contributed by atoms with E-state index in [0.29, 0.717) is 19.3 Å². The third-order valence-electron chi connectivity index (χ3n) is 3.80. The van der Waals surface area contributed by atoms with Crippen molar-refractivity contribution in [3.05, 3.63) is 0 Å². The minimum Gasteiger partial charge on any atom is -0.481 e. The van der Waals surface area contributed by atoms with Crippen molar-refractivity contribution in [3.8, 4) is 0 Å². The lowest BCUT2D eigenvalue weighted by Crippen LogP contribution is -2.40. The molecule has 110 valence electrons. The summed E-state index contributed by atoms with van der Waals surface area (Å²) in [6.45, 7) is 9.25. The summed E-state index contributed by atoms with van der Waals surface area (Å²) in [6, 6.07) is -0.117. The topological polar surface area (TPSA) is 75.6 Å². The number of carboxylic acids is 1. The van der Waals surface area contributed by atoms with Crippen LogP contribution in [0.2, 0.25) is 0 Å². The Morgan fingerprint density at radius 1 is 1.37 bits per heavy atom. The summed E-state index contributed by atoms with van der Waals surface area (Å²) in [7, 11) is 0. The molecule has 19 heavy (non-hydrogen) atoms. The SMILES string of the molecule is CC(C)[C@]1(C(=O)O)CCC(NC(=O)OC(C)(C)C)C1. The fourth-order valence-electron chi connectivity index (χ4n) is 2.64. The summed E-state index contributed by atoms with van der Waals surface area (Å²) in [4.78, 5) is 23.2. The Morgan fingerprint density at radius 2 is 1.95 bits per heavy atom. The summed E-state index contributed by atoms with van der Waals surface area (Å²) >= 11 is 0. The molecule has 0 radical (unpaired) electrons. The van der Waals surface area contributed by atoms with Gasteiger partial charge in [-0.25, -0.2) is 4.79 Å². The number of carbonyl (C=O) groups excluding carboxylic acids is 1. The van der Waals surface area contributed by atoms with Crippen molar-refractivity contribution < 1.29 is 19.4 Å². The van der Waals surface area contributed by atoms with Gasteiger partial charge in [0, 0.05) is 6.04 Å². The quantitative estimate of drug-likeness (QED) is 0.827. The van der Waals surface area contributed by atoms with Crippen LogP contribution in [0, 0.1) is 11.3 Å². The van der Waals surface area contributed by atoms with Gasteiger partial charge in [0.2, 0.25) is 0 Å². The van der Waals surface area contributed by atoms with Crippen LogP contribution in [0.4, 0.5) is 4.79 Å². The van der Waals surface area contributed by atoms with Crippen molar-refractivity contribution in [3.63, 3.8) is 0 Å². The third-order valence-corrected chi connectivity index (χ3v) is 3.80. The highest BCUT2D eigenvalue weighted by atomic mass is 16.6. The number of nitrogens with one attached hydrogen (secondary N) is 1. The molecule has 2 N–H and O–H groups in total. The lowest BCUT2D eigenvalue weighted by molar-refractivity contribution is -0.151. The minimum absolute atomic E-state index is 0.0513. The zero-order valence-corrected chi connectivity index (χ0v) is 12.4. The van der Waals surface area contributed by atoms with Gasteiger partial charge in [0.1, 0.15) is 5.60 Å². The molecule has 1 aliphatic carbocycles. The molecule has 1 rings (SSSR count). The Bertz CT molecular complexity index is 359. The molecule has 1 fully saturated rings. The Balaban J connectivity index is 2.61. The standard InChI is InChI=1S/C14H25NO4/c1-9(2)14(11(16)17)7-6-10(8-14)15-12(18)19-13(3,4)5/h9-10H,6-8H2,1-5H3,(H,15,18)(H,16,17)/t10?,14-/m0/s1. The predicted octanol–water partition coefficient (Wildman–Crippen LogP) is 2.79. The van der Waals surface area contributed by atoms with E-state index >= 15 is 0 Å². The van der Waals surface area contributed by atoms with Crippen LogP contribution < -0.4 is 5.32 Å². The van der Waals surface area contributed by atoms with E-state index in [1.807, 2.05) is 13.8 Å². The van der Waals surface area contributed by atoms with Crippen LogP contribution in [-0.2, 0) is 9.53 Å². The van der Waals surface area contributed by atoms with E-state index in [2.05, 4.69) is 5.32 Å². The molecule has 1 saturated carbocycles. The monoisotopic (exact) mass is 271 g/mol. The van der Waals surface area contributed by atoms with Crippen LogP contribution in [0.25, 0.3) is 0 Å². The van der Waals surface area contributed by atoms with E-state index < -0.39 is 23.1 Å². The molecule has 1 aliphatic rings. The highest BCUT2D eigenvalue weighted by molar-refractivity contribution is 5.76. The van der Waals surface area contributed by atoms with Crippen LogP contribution in [-0.4, -0.2) is 28.8 Å². The second kappa shape index (κ2) is 5.39. The zero-order chi connectivity index (χ0) is 14.8. The van der Waals surface area contributed by atoms with Gasteiger partial charge in [0.05, 0.1) is 5.41 Å². The van der Waals surface area contributed by atoms with E-state index in [0.717, 1.165) is 0 Å². The molecule has 5 heteroatoms. The van der Waals surface area contributed by atoms with Crippen molar-refractivity contribution >= 4 is 12.1 Å². The molecule has 0 heterocycles. The molecule has 0 aromatic heterocycles. The number of alkyl carbamates (subject to hydrolysis) is 1. The van der Waals surface area contributed by atoms with Gasteiger partial charge in [0.25, 0.3) is 0 Å². The second-order valence-corrected chi connectivity index (χ2v) is 6.70. The second-order valence-electron chi connectivity index (χ2n) is 6.70. The van der Waals surface area contributed by atoms with Crippen LogP contribution in [0.5, 0.6) is 0 Å². The lowest BCUT2D eigenvalue weighted by Gasteiger charge is -2.29. The van der Waals surface area contributed by atoms with Crippen LogP contribution in [0.3, 0.4) is 0 Å². The molecule has 0 aromatic rings. The molecule has 0 bridgehead atoms. The molecule has 1 amide bonds. The maximum Gasteiger partial charge on any atom is 0.407 e. The molecule has 0 spiro atoms. The average Bonchev–Trinajstić information content (AvgIpc) is 2.59. The number of carboxylic acid groups (broad SMARTS) is 1. The number of aliphatic carboxylic acids is 1. The molecule has 1 unspecified atom stereocenters. The number of ether oxygens (including phenoxy) is 1. The predicted molar refractivity (Wildman–Crippen MR) is 71.9 cm³/mol. The van der Waals surface area contributed by atoms with Gasteiger partial charge in [0.15, 0.2) is 0 Å². The zero-order valence-electron chi connectivity index (χ0n) is 12.4. The fourth-order valence-corrected chi connectivity index (χ4v) is 2.64. The first-order valence-corrected chi connectivity index (χ1v) is 6.80. The summed E-state index contributed by atoms with van der Waals surface area (Å²) in [5, 5.41) is 12.2. The van der Waals surface area contributed by atoms with Gasteiger partial charge >= 0.3 is 12.1 Å². The third kappa shape index (κ3) is 3.85. The number of hydrogen-bond acceptors (Lipinski definition) is 3. The van der Waals surface area contributed by atoms with Gasteiger partial charge in [-0.15, -0.1) is 0 Å². The van der Waals surface area contributed by atoms with Crippen LogP contribution in [0.15, 0.2) is 0 Å².